The Morgan fingerprint density at radius 1 is 1.58 bits per heavy atom. The van der Waals surface area contributed by atoms with E-state index in [0.717, 1.165) is 5.71 Å². The Hall–Kier alpha value is -2.11. The SMILES string of the molecule is CC1=NO[C@H](C(=O)NCCOc2ccccc2F)C1. The van der Waals surface area contributed by atoms with E-state index in [4.69, 9.17) is 9.57 Å². The molecule has 1 aromatic rings. The van der Waals surface area contributed by atoms with Crippen molar-refractivity contribution in [1.29, 1.82) is 0 Å². The molecule has 0 radical (unpaired) electrons. The second-order valence-electron chi connectivity index (χ2n) is 4.19. The maximum atomic E-state index is 13.2. The van der Waals surface area contributed by atoms with Crippen LogP contribution in [0, 0.1) is 5.82 Å². The highest BCUT2D eigenvalue weighted by Gasteiger charge is 2.25. The van der Waals surface area contributed by atoms with Gasteiger partial charge in [0.15, 0.2) is 11.6 Å². The lowest BCUT2D eigenvalue weighted by molar-refractivity contribution is -0.131. The molecule has 0 unspecified atom stereocenters. The van der Waals surface area contributed by atoms with Gasteiger partial charge in [-0.2, -0.15) is 0 Å². The third-order valence-corrected chi connectivity index (χ3v) is 2.60. The van der Waals surface area contributed by atoms with Gasteiger partial charge in [0, 0.05) is 6.42 Å². The molecule has 19 heavy (non-hydrogen) atoms. The quantitative estimate of drug-likeness (QED) is 0.821. The molecule has 5 nitrogen and oxygen atoms in total. The van der Waals surface area contributed by atoms with Crippen molar-refractivity contribution in [3.05, 3.63) is 30.1 Å². The van der Waals surface area contributed by atoms with E-state index in [0.29, 0.717) is 6.42 Å². The van der Waals surface area contributed by atoms with Crippen LogP contribution in [0.3, 0.4) is 0 Å². The number of benzene rings is 1. The highest BCUT2D eigenvalue weighted by Crippen LogP contribution is 2.14. The first-order chi connectivity index (χ1) is 9.16. The van der Waals surface area contributed by atoms with Crippen molar-refractivity contribution in [1.82, 2.24) is 5.32 Å². The molecule has 0 bridgehead atoms. The molecule has 1 heterocycles. The van der Waals surface area contributed by atoms with Crippen LogP contribution in [0.1, 0.15) is 13.3 Å². The lowest BCUT2D eigenvalue weighted by Gasteiger charge is -2.10. The van der Waals surface area contributed by atoms with Gasteiger partial charge in [-0.05, 0) is 19.1 Å². The lowest BCUT2D eigenvalue weighted by atomic mass is 10.2. The molecule has 1 aliphatic heterocycles. The fourth-order valence-corrected chi connectivity index (χ4v) is 1.65. The zero-order valence-corrected chi connectivity index (χ0v) is 10.6. The number of hydrogen-bond acceptors (Lipinski definition) is 4. The smallest absolute Gasteiger partial charge is 0.264 e. The molecular weight excluding hydrogens is 251 g/mol. The molecule has 0 aliphatic carbocycles. The number of carbonyl (C=O) groups is 1. The summed E-state index contributed by atoms with van der Waals surface area (Å²) >= 11 is 0. The second-order valence-corrected chi connectivity index (χ2v) is 4.19. The number of oxime groups is 1. The molecule has 0 spiro atoms. The zero-order chi connectivity index (χ0) is 13.7. The van der Waals surface area contributed by atoms with E-state index in [-0.39, 0.29) is 24.8 Å². The molecule has 1 N–H and O–H groups in total. The first-order valence-corrected chi connectivity index (χ1v) is 6.01. The number of para-hydroxylation sites is 1. The minimum atomic E-state index is -0.562. The summed E-state index contributed by atoms with van der Waals surface area (Å²) in [4.78, 5) is 16.6. The van der Waals surface area contributed by atoms with Crippen LogP contribution in [-0.2, 0) is 9.63 Å². The highest BCUT2D eigenvalue weighted by atomic mass is 19.1. The number of rotatable bonds is 5. The van der Waals surface area contributed by atoms with E-state index < -0.39 is 11.9 Å². The average Bonchev–Trinajstić information content (AvgIpc) is 2.83. The summed E-state index contributed by atoms with van der Waals surface area (Å²) in [6.45, 7) is 2.28. The molecule has 102 valence electrons. The van der Waals surface area contributed by atoms with Crippen molar-refractivity contribution in [2.24, 2.45) is 5.16 Å². The van der Waals surface area contributed by atoms with Crippen molar-refractivity contribution in [2.75, 3.05) is 13.2 Å². The largest absolute Gasteiger partial charge is 0.489 e. The Morgan fingerprint density at radius 2 is 2.37 bits per heavy atom. The molecule has 0 fully saturated rings. The number of hydrogen-bond donors (Lipinski definition) is 1. The fraction of sp³-hybridized carbons (Fsp3) is 0.385. The Kier molecular flexibility index (Phi) is 4.33. The summed E-state index contributed by atoms with van der Waals surface area (Å²) in [5.74, 6) is -0.484. The minimum absolute atomic E-state index is 0.174. The molecule has 6 heteroatoms. The predicted octanol–water partition coefficient (Wildman–Crippen LogP) is 1.49. The Bertz CT molecular complexity index is 491. The highest BCUT2D eigenvalue weighted by molar-refractivity contribution is 5.91. The Labute approximate surface area is 110 Å². The summed E-state index contributed by atoms with van der Waals surface area (Å²) in [6.07, 6.45) is -0.0616. The molecule has 1 aromatic carbocycles. The fourth-order valence-electron chi connectivity index (χ4n) is 1.65. The van der Waals surface area contributed by atoms with Gasteiger partial charge in [-0.15, -0.1) is 0 Å². The van der Waals surface area contributed by atoms with E-state index in [2.05, 4.69) is 10.5 Å². The third-order valence-electron chi connectivity index (χ3n) is 2.60. The minimum Gasteiger partial charge on any atom is -0.489 e. The molecular formula is C13H15FN2O3. The third kappa shape index (κ3) is 3.67. The number of amides is 1. The van der Waals surface area contributed by atoms with Crippen molar-refractivity contribution in [3.63, 3.8) is 0 Å². The van der Waals surface area contributed by atoms with Crippen molar-refractivity contribution in [3.8, 4) is 5.75 Å². The van der Waals surface area contributed by atoms with Crippen LogP contribution in [0.15, 0.2) is 29.4 Å². The summed E-state index contributed by atoms with van der Waals surface area (Å²) in [5, 5.41) is 6.35. The molecule has 0 saturated heterocycles. The second kappa shape index (κ2) is 6.17. The van der Waals surface area contributed by atoms with Gasteiger partial charge in [0.05, 0.1) is 12.3 Å². The normalized spacial score (nSPS) is 17.6. The van der Waals surface area contributed by atoms with E-state index >= 15 is 0 Å². The van der Waals surface area contributed by atoms with Crippen molar-refractivity contribution >= 4 is 11.6 Å². The van der Waals surface area contributed by atoms with Gasteiger partial charge in [0.25, 0.3) is 5.91 Å². The molecule has 0 aromatic heterocycles. The molecule has 1 atom stereocenters. The molecule has 1 amide bonds. The lowest BCUT2D eigenvalue weighted by Crippen LogP contribution is -2.37. The molecule has 0 saturated carbocycles. The van der Waals surface area contributed by atoms with Gasteiger partial charge >= 0.3 is 0 Å². The summed E-state index contributed by atoms with van der Waals surface area (Å²) in [7, 11) is 0. The van der Waals surface area contributed by atoms with E-state index in [9.17, 15) is 9.18 Å². The van der Waals surface area contributed by atoms with Crippen LogP contribution >= 0.6 is 0 Å². The van der Waals surface area contributed by atoms with E-state index in [1.54, 1.807) is 19.1 Å². The van der Waals surface area contributed by atoms with Crippen LogP contribution in [-0.4, -0.2) is 30.9 Å². The van der Waals surface area contributed by atoms with Gasteiger partial charge in [-0.3, -0.25) is 4.79 Å². The van der Waals surface area contributed by atoms with Gasteiger partial charge in [-0.25, -0.2) is 4.39 Å². The van der Waals surface area contributed by atoms with Gasteiger partial charge < -0.3 is 14.9 Å². The number of ether oxygens (including phenoxy) is 1. The van der Waals surface area contributed by atoms with Crippen LogP contribution in [0.4, 0.5) is 4.39 Å². The summed E-state index contributed by atoms with van der Waals surface area (Å²) < 4.78 is 18.4. The summed E-state index contributed by atoms with van der Waals surface area (Å²) in [6, 6.07) is 6.13. The Balaban J connectivity index is 1.67. The zero-order valence-electron chi connectivity index (χ0n) is 10.6. The number of carbonyl (C=O) groups excluding carboxylic acids is 1. The summed E-state index contributed by atoms with van der Waals surface area (Å²) in [5.41, 5.74) is 0.794. The maximum Gasteiger partial charge on any atom is 0.264 e. The molecule has 2 rings (SSSR count). The number of halogens is 1. The van der Waals surface area contributed by atoms with Gasteiger partial charge in [0.2, 0.25) is 6.10 Å². The van der Waals surface area contributed by atoms with Crippen molar-refractivity contribution < 1.29 is 18.8 Å². The van der Waals surface area contributed by atoms with Crippen molar-refractivity contribution in [2.45, 2.75) is 19.4 Å². The first kappa shape index (κ1) is 13.3. The monoisotopic (exact) mass is 266 g/mol. The number of nitrogens with one attached hydrogen (secondary N) is 1. The van der Waals surface area contributed by atoms with Crippen LogP contribution in [0.2, 0.25) is 0 Å². The van der Waals surface area contributed by atoms with Crippen LogP contribution in [0.25, 0.3) is 0 Å². The molecule has 1 aliphatic rings. The maximum absolute atomic E-state index is 13.2. The predicted molar refractivity (Wildman–Crippen MR) is 67.5 cm³/mol. The van der Waals surface area contributed by atoms with Gasteiger partial charge in [0.1, 0.15) is 6.61 Å². The Morgan fingerprint density at radius 3 is 3.05 bits per heavy atom. The standard InChI is InChI=1S/C13H15FN2O3/c1-9-8-12(19-16-9)13(17)15-6-7-18-11-5-3-2-4-10(11)14/h2-5,12H,6-8H2,1H3,(H,15,17)/t12-/m0/s1. The van der Waals surface area contributed by atoms with Crippen LogP contribution in [0.5, 0.6) is 5.75 Å². The first-order valence-electron chi connectivity index (χ1n) is 6.01. The van der Waals surface area contributed by atoms with E-state index in [1.165, 1.54) is 12.1 Å². The topological polar surface area (TPSA) is 59.9 Å². The van der Waals surface area contributed by atoms with Crippen LogP contribution < -0.4 is 10.1 Å². The number of nitrogens with zero attached hydrogens (tertiary/aromatic N) is 1. The van der Waals surface area contributed by atoms with Gasteiger partial charge in [-0.1, -0.05) is 17.3 Å². The van der Waals surface area contributed by atoms with E-state index in [1.807, 2.05) is 0 Å². The average molecular weight is 266 g/mol.